The molecule has 3 nitrogen and oxygen atoms in total. The Morgan fingerprint density at radius 1 is 1.35 bits per heavy atom. The molecular formula is C12H12BrN3S. The lowest BCUT2D eigenvalue weighted by Gasteiger charge is -2.05. The second-order valence-electron chi connectivity index (χ2n) is 3.66. The van der Waals surface area contributed by atoms with E-state index < -0.39 is 0 Å². The summed E-state index contributed by atoms with van der Waals surface area (Å²) in [5, 5.41) is 0.874. The standard InChI is InChI=1S/C12H12BrN3S/c1-8-3-2-4-9(5-8)6-17-12-10(13)11(14)15-7-16-12/h2-5,7H,6H2,1H3,(H2,14,15,16). The van der Waals surface area contributed by atoms with Crippen LogP contribution in [0.4, 0.5) is 5.82 Å². The molecule has 1 heterocycles. The second kappa shape index (κ2) is 5.51. The lowest BCUT2D eigenvalue weighted by molar-refractivity contribution is 1.03. The molecule has 2 N–H and O–H groups in total. The number of anilines is 1. The number of nitrogens with two attached hydrogens (primary N) is 1. The Kier molecular flexibility index (Phi) is 4.02. The van der Waals surface area contributed by atoms with Gasteiger partial charge >= 0.3 is 0 Å². The summed E-state index contributed by atoms with van der Waals surface area (Å²) in [6.07, 6.45) is 1.48. The molecule has 0 saturated heterocycles. The van der Waals surface area contributed by atoms with Crippen LogP contribution in [-0.4, -0.2) is 9.97 Å². The van der Waals surface area contributed by atoms with Crippen molar-refractivity contribution in [1.82, 2.24) is 9.97 Å². The van der Waals surface area contributed by atoms with Crippen molar-refractivity contribution >= 4 is 33.5 Å². The van der Waals surface area contributed by atoms with Gasteiger partial charge in [-0.15, -0.1) is 11.8 Å². The van der Waals surface area contributed by atoms with Crippen LogP contribution >= 0.6 is 27.7 Å². The molecule has 0 unspecified atom stereocenters. The molecule has 0 atom stereocenters. The van der Waals surface area contributed by atoms with Crippen LogP contribution in [0.25, 0.3) is 0 Å². The summed E-state index contributed by atoms with van der Waals surface area (Å²) in [6, 6.07) is 8.44. The number of nitrogen functional groups attached to an aromatic ring is 1. The van der Waals surface area contributed by atoms with Gasteiger partial charge in [0.25, 0.3) is 0 Å². The van der Waals surface area contributed by atoms with E-state index in [2.05, 4.69) is 57.1 Å². The van der Waals surface area contributed by atoms with Crippen LogP contribution in [0.2, 0.25) is 0 Å². The number of hydrogen-bond donors (Lipinski definition) is 1. The quantitative estimate of drug-likeness (QED) is 0.697. The fourth-order valence-corrected chi connectivity index (χ4v) is 2.80. The number of benzene rings is 1. The molecule has 0 saturated carbocycles. The Hall–Kier alpha value is -1.07. The topological polar surface area (TPSA) is 51.8 Å². The predicted octanol–water partition coefficient (Wildman–Crippen LogP) is 3.42. The van der Waals surface area contributed by atoms with E-state index in [4.69, 9.17) is 5.73 Å². The Balaban J connectivity index is 2.10. The summed E-state index contributed by atoms with van der Waals surface area (Å²) in [6.45, 7) is 2.09. The van der Waals surface area contributed by atoms with Crippen molar-refractivity contribution < 1.29 is 0 Å². The number of thioether (sulfide) groups is 1. The zero-order chi connectivity index (χ0) is 12.3. The molecule has 1 aromatic carbocycles. The van der Waals surface area contributed by atoms with Gasteiger partial charge < -0.3 is 5.73 Å². The molecule has 5 heteroatoms. The van der Waals surface area contributed by atoms with Crippen LogP contribution in [-0.2, 0) is 5.75 Å². The van der Waals surface area contributed by atoms with E-state index in [9.17, 15) is 0 Å². The van der Waals surface area contributed by atoms with Crippen LogP contribution in [0.15, 0.2) is 40.1 Å². The maximum absolute atomic E-state index is 5.70. The normalized spacial score (nSPS) is 10.5. The van der Waals surface area contributed by atoms with Gasteiger partial charge in [-0.2, -0.15) is 0 Å². The first-order chi connectivity index (χ1) is 8.16. The number of halogens is 1. The Morgan fingerprint density at radius 2 is 2.18 bits per heavy atom. The third-order valence-electron chi connectivity index (χ3n) is 2.24. The molecule has 88 valence electrons. The molecule has 2 aromatic rings. The number of nitrogens with zero attached hydrogens (tertiary/aromatic N) is 2. The van der Waals surface area contributed by atoms with Gasteiger partial charge in [-0.3, -0.25) is 0 Å². The lowest BCUT2D eigenvalue weighted by atomic mass is 10.2. The lowest BCUT2D eigenvalue weighted by Crippen LogP contribution is -1.95. The Labute approximate surface area is 113 Å². The molecule has 0 aliphatic rings. The molecule has 2 rings (SSSR count). The number of rotatable bonds is 3. The summed E-state index contributed by atoms with van der Waals surface area (Å²) in [7, 11) is 0. The summed E-state index contributed by atoms with van der Waals surface area (Å²) in [5.41, 5.74) is 8.25. The fourth-order valence-electron chi connectivity index (χ4n) is 1.42. The van der Waals surface area contributed by atoms with Gasteiger partial charge in [0.15, 0.2) is 0 Å². The minimum Gasteiger partial charge on any atom is -0.383 e. The van der Waals surface area contributed by atoms with Crippen molar-refractivity contribution in [3.05, 3.63) is 46.2 Å². The molecular weight excluding hydrogens is 298 g/mol. The van der Waals surface area contributed by atoms with Gasteiger partial charge in [-0.05, 0) is 28.4 Å². The predicted molar refractivity (Wildman–Crippen MR) is 74.9 cm³/mol. The average Bonchev–Trinajstić information content (AvgIpc) is 2.31. The number of hydrogen-bond acceptors (Lipinski definition) is 4. The summed E-state index contributed by atoms with van der Waals surface area (Å²) in [4.78, 5) is 8.12. The van der Waals surface area contributed by atoms with Gasteiger partial charge in [-0.1, -0.05) is 29.8 Å². The molecule has 0 bridgehead atoms. The zero-order valence-electron chi connectivity index (χ0n) is 9.35. The minimum absolute atomic E-state index is 0.478. The van der Waals surface area contributed by atoms with E-state index in [-0.39, 0.29) is 0 Å². The smallest absolute Gasteiger partial charge is 0.142 e. The van der Waals surface area contributed by atoms with Gasteiger partial charge in [0.2, 0.25) is 0 Å². The van der Waals surface area contributed by atoms with Gasteiger partial charge in [0.05, 0.1) is 4.47 Å². The zero-order valence-corrected chi connectivity index (χ0v) is 11.8. The second-order valence-corrected chi connectivity index (χ2v) is 5.41. The van der Waals surface area contributed by atoms with Gasteiger partial charge in [0, 0.05) is 5.75 Å². The van der Waals surface area contributed by atoms with Crippen LogP contribution < -0.4 is 5.73 Å². The Bertz CT molecular complexity index is 531. The highest BCUT2D eigenvalue weighted by molar-refractivity contribution is 9.10. The highest BCUT2D eigenvalue weighted by Gasteiger charge is 2.06. The maximum Gasteiger partial charge on any atom is 0.142 e. The third kappa shape index (κ3) is 3.20. The molecule has 0 fully saturated rings. The highest BCUT2D eigenvalue weighted by Crippen LogP contribution is 2.30. The van der Waals surface area contributed by atoms with E-state index in [0.29, 0.717) is 5.82 Å². The minimum atomic E-state index is 0.478. The fraction of sp³-hybridized carbons (Fsp3) is 0.167. The van der Waals surface area contributed by atoms with Crippen molar-refractivity contribution in [3.63, 3.8) is 0 Å². The van der Waals surface area contributed by atoms with E-state index in [1.54, 1.807) is 11.8 Å². The summed E-state index contributed by atoms with van der Waals surface area (Å²) >= 11 is 5.04. The van der Waals surface area contributed by atoms with Gasteiger partial charge in [-0.25, -0.2) is 9.97 Å². The Morgan fingerprint density at radius 3 is 2.94 bits per heavy atom. The van der Waals surface area contributed by atoms with Crippen molar-refractivity contribution in [2.24, 2.45) is 0 Å². The van der Waals surface area contributed by atoms with Crippen LogP contribution in [0.5, 0.6) is 0 Å². The molecule has 0 amide bonds. The average molecular weight is 310 g/mol. The van der Waals surface area contributed by atoms with E-state index in [1.807, 2.05) is 0 Å². The molecule has 1 aromatic heterocycles. The molecule has 0 aliphatic heterocycles. The first-order valence-corrected chi connectivity index (χ1v) is 6.89. The first kappa shape index (κ1) is 12.4. The molecule has 0 spiro atoms. The van der Waals surface area contributed by atoms with Gasteiger partial charge in [0.1, 0.15) is 17.2 Å². The maximum atomic E-state index is 5.70. The van der Waals surface area contributed by atoms with Crippen LogP contribution in [0.1, 0.15) is 11.1 Å². The summed E-state index contributed by atoms with van der Waals surface area (Å²) in [5.74, 6) is 1.35. The molecule has 0 aliphatic carbocycles. The SMILES string of the molecule is Cc1cccc(CSc2ncnc(N)c2Br)c1. The molecule has 0 radical (unpaired) electrons. The van der Waals surface area contributed by atoms with E-state index in [0.717, 1.165) is 15.3 Å². The van der Waals surface area contributed by atoms with E-state index >= 15 is 0 Å². The third-order valence-corrected chi connectivity index (χ3v) is 4.35. The van der Waals surface area contributed by atoms with Crippen LogP contribution in [0, 0.1) is 6.92 Å². The molecule has 17 heavy (non-hydrogen) atoms. The van der Waals surface area contributed by atoms with Crippen molar-refractivity contribution in [3.8, 4) is 0 Å². The van der Waals surface area contributed by atoms with Crippen molar-refractivity contribution in [2.75, 3.05) is 5.73 Å². The highest BCUT2D eigenvalue weighted by atomic mass is 79.9. The van der Waals surface area contributed by atoms with Crippen molar-refractivity contribution in [2.45, 2.75) is 17.7 Å². The largest absolute Gasteiger partial charge is 0.383 e. The number of aromatic nitrogens is 2. The van der Waals surface area contributed by atoms with Crippen molar-refractivity contribution in [1.29, 1.82) is 0 Å². The monoisotopic (exact) mass is 309 g/mol. The van der Waals surface area contributed by atoms with Crippen LogP contribution in [0.3, 0.4) is 0 Å². The summed E-state index contributed by atoms with van der Waals surface area (Å²) < 4.78 is 0.776. The number of aryl methyl sites for hydroxylation is 1. The van der Waals surface area contributed by atoms with E-state index in [1.165, 1.54) is 17.5 Å². The first-order valence-electron chi connectivity index (χ1n) is 5.11.